The molecule has 0 radical (unpaired) electrons. The van der Waals surface area contributed by atoms with Crippen LogP contribution in [0, 0.1) is 0 Å². The Morgan fingerprint density at radius 1 is 1.39 bits per heavy atom. The maximum absolute atomic E-state index is 5.92. The van der Waals surface area contributed by atoms with Gasteiger partial charge in [0.05, 0.1) is 5.54 Å². The summed E-state index contributed by atoms with van der Waals surface area (Å²) >= 11 is 3.57. The van der Waals surface area contributed by atoms with Crippen LogP contribution in [0.4, 0.5) is 0 Å². The summed E-state index contributed by atoms with van der Waals surface area (Å²) in [6, 6.07) is 0. The standard InChI is InChI=1S/C14H19BrN2O/c1-2-18-13-14(8-4-3-5-9-14)17-10-11(15)6-7-12(17)16-13/h6-7,10,13H,2-5,8-9H2,1H3. The van der Waals surface area contributed by atoms with Crippen molar-refractivity contribution in [1.29, 1.82) is 0 Å². The quantitative estimate of drug-likeness (QED) is 0.779. The number of hydrogen-bond acceptors (Lipinski definition) is 3. The highest BCUT2D eigenvalue weighted by Crippen LogP contribution is 2.44. The van der Waals surface area contributed by atoms with E-state index in [1.54, 1.807) is 0 Å². The average Bonchev–Trinajstić information content (AvgIpc) is 2.66. The Morgan fingerprint density at radius 3 is 2.89 bits per heavy atom. The molecule has 2 heterocycles. The van der Waals surface area contributed by atoms with Gasteiger partial charge in [-0.15, -0.1) is 0 Å². The lowest BCUT2D eigenvalue weighted by atomic mass is 9.79. The van der Waals surface area contributed by atoms with Crippen LogP contribution in [0.25, 0.3) is 0 Å². The van der Waals surface area contributed by atoms with Crippen molar-refractivity contribution in [2.45, 2.75) is 50.8 Å². The molecule has 98 valence electrons. The largest absolute Gasteiger partial charge is 0.354 e. The molecule has 1 spiro atoms. The van der Waals surface area contributed by atoms with Crippen molar-refractivity contribution in [3.8, 4) is 0 Å². The molecule has 4 heteroatoms. The van der Waals surface area contributed by atoms with Crippen LogP contribution in [0.1, 0.15) is 39.0 Å². The van der Waals surface area contributed by atoms with E-state index >= 15 is 0 Å². The lowest BCUT2D eigenvalue weighted by Gasteiger charge is -2.44. The topological polar surface area (TPSA) is 24.8 Å². The van der Waals surface area contributed by atoms with Gasteiger partial charge in [0, 0.05) is 17.3 Å². The molecule has 0 N–H and O–H groups in total. The van der Waals surface area contributed by atoms with Gasteiger partial charge in [-0.1, -0.05) is 19.3 Å². The van der Waals surface area contributed by atoms with E-state index < -0.39 is 0 Å². The van der Waals surface area contributed by atoms with Crippen LogP contribution in [0.15, 0.2) is 27.8 Å². The Labute approximate surface area is 117 Å². The van der Waals surface area contributed by atoms with Gasteiger partial charge in [0.2, 0.25) is 0 Å². The van der Waals surface area contributed by atoms with Gasteiger partial charge in [-0.3, -0.25) is 0 Å². The first-order chi connectivity index (χ1) is 8.76. The van der Waals surface area contributed by atoms with E-state index in [-0.39, 0.29) is 11.8 Å². The molecule has 0 amide bonds. The molecule has 18 heavy (non-hydrogen) atoms. The Morgan fingerprint density at radius 2 is 2.17 bits per heavy atom. The lowest BCUT2D eigenvalue weighted by Crippen LogP contribution is -2.53. The molecule has 0 saturated heterocycles. The predicted molar refractivity (Wildman–Crippen MR) is 76.7 cm³/mol. The van der Waals surface area contributed by atoms with Crippen molar-refractivity contribution >= 4 is 21.8 Å². The fraction of sp³-hybridized carbons (Fsp3) is 0.643. The lowest BCUT2D eigenvalue weighted by molar-refractivity contribution is -0.0309. The zero-order valence-electron chi connectivity index (χ0n) is 10.7. The van der Waals surface area contributed by atoms with Crippen LogP contribution in [-0.2, 0) is 4.74 Å². The van der Waals surface area contributed by atoms with Gasteiger partial charge < -0.3 is 9.64 Å². The molecule has 3 nitrogen and oxygen atoms in total. The second-order valence-corrected chi connectivity index (χ2v) is 6.09. The number of ether oxygens (including phenoxy) is 1. The van der Waals surface area contributed by atoms with Crippen molar-refractivity contribution in [3.05, 3.63) is 22.8 Å². The van der Waals surface area contributed by atoms with Gasteiger partial charge in [-0.2, -0.15) is 0 Å². The number of rotatable bonds is 2. The van der Waals surface area contributed by atoms with Crippen LogP contribution in [0.2, 0.25) is 0 Å². The van der Waals surface area contributed by atoms with E-state index in [0.29, 0.717) is 0 Å². The molecular formula is C14H19BrN2O. The minimum absolute atomic E-state index is 0.00269. The molecule has 2 aliphatic heterocycles. The van der Waals surface area contributed by atoms with Gasteiger partial charge in [0.1, 0.15) is 5.84 Å². The first-order valence-corrected chi connectivity index (χ1v) is 7.60. The number of halogens is 1. The van der Waals surface area contributed by atoms with E-state index in [9.17, 15) is 0 Å². The molecule has 1 unspecified atom stereocenters. The number of fused-ring (bicyclic) bond motifs is 2. The molecule has 3 rings (SSSR count). The monoisotopic (exact) mass is 310 g/mol. The summed E-state index contributed by atoms with van der Waals surface area (Å²) in [6.07, 6.45) is 12.5. The minimum Gasteiger partial charge on any atom is -0.354 e. The van der Waals surface area contributed by atoms with Gasteiger partial charge in [0.25, 0.3) is 0 Å². The third kappa shape index (κ3) is 1.86. The summed E-state index contributed by atoms with van der Waals surface area (Å²) in [4.78, 5) is 7.12. The predicted octanol–water partition coefficient (Wildman–Crippen LogP) is 3.57. The van der Waals surface area contributed by atoms with Gasteiger partial charge in [-0.25, -0.2) is 4.99 Å². The molecule has 1 aliphatic carbocycles. The van der Waals surface area contributed by atoms with Gasteiger partial charge in [0.15, 0.2) is 6.23 Å². The van der Waals surface area contributed by atoms with Crippen molar-refractivity contribution < 1.29 is 4.74 Å². The first-order valence-electron chi connectivity index (χ1n) is 6.80. The summed E-state index contributed by atoms with van der Waals surface area (Å²) in [7, 11) is 0. The second-order valence-electron chi connectivity index (χ2n) is 5.18. The van der Waals surface area contributed by atoms with Crippen LogP contribution >= 0.6 is 15.9 Å². The highest BCUT2D eigenvalue weighted by atomic mass is 79.9. The molecule has 1 atom stereocenters. The van der Waals surface area contributed by atoms with E-state index in [1.807, 2.05) is 0 Å². The van der Waals surface area contributed by atoms with Gasteiger partial charge in [-0.05, 0) is 47.8 Å². The van der Waals surface area contributed by atoms with Crippen LogP contribution < -0.4 is 0 Å². The van der Waals surface area contributed by atoms with Crippen LogP contribution in [0.3, 0.4) is 0 Å². The summed E-state index contributed by atoms with van der Waals surface area (Å²) in [5.41, 5.74) is 0.0629. The molecule has 1 fully saturated rings. The van der Waals surface area contributed by atoms with Crippen molar-refractivity contribution in [2.24, 2.45) is 4.99 Å². The van der Waals surface area contributed by atoms with Crippen molar-refractivity contribution in [3.63, 3.8) is 0 Å². The van der Waals surface area contributed by atoms with E-state index in [2.05, 4.69) is 46.1 Å². The van der Waals surface area contributed by atoms with Crippen LogP contribution in [0.5, 0.6) is 0 Å². The highest BCUT2D eigenvalue weighted by Gasteiger charge is 2.50. The average molecular weight is 311 g/mol. The minimum atomic E-state index is -0.00269. The number of hydrogen-bond donors (Lipinski definition) is 0. The Kier molecular flexibility index (Phi) is 3.32. The Balaban J connectivity index is 1.96. The third-order valence-electron chi connectivity index (χ3n) is 4.12. The molecule has 0 bridgehead atoms. The summed E-state index contributed by atoms with van der Waals surface area (Å²) in [5, 5.41) is 0. The summed E-state index contributed by atoms with van der Waals surface area (Å²) < 4.78 is 7.03. The maximum Gasteiger partial charge on any atom is 0.173 e. The maximum atomic E-state index is 5.92. The molecule has 0 aromatic carbocycles. The molecule has 0 aromatic heterocycles. The first kappa shape index (κ1) is 12.4. The van der Waals surface area contributed by atoms with Crippen molar-refractivity contribution in [2.75, 3.05) is 6.61 Å². The Bertz CT molecular complexity index is 422. The van der Waals surface area contributed by atoms with Gasteiger partial charge >= 0.3 is 0 Å². The summed E-state index contributed by atoms with van der Waals surface area (Å²) in [5.74, 6) is 1.05. The number of amidine groups is 1. The van der Waals surface area contributed by atoms with Crippen LogP contribution in [-0.4, -0.2) is 29.1 Å². The van der Waals surface area contributed by atoms with E-state index in [0.717, 1.165) is 16.9 Å². The summed E-state index contributed by atoms with van der Waals surface area (Å²) in [6.45, 7) is 2.78. The zero-order chi connectivity index (χ0) is 12.6. The zero-order valence-corrected chi connectivity index (χ0v) is 12.3. The molecular weight excluding hydrogens is 292 g/mol. The molecule has 0 aromatic rings. The smallest absolute Gasteiger partial charge is 0.173 e. The van der Waals surface area contributed by atoms with E-state index in [1.165, 1.54) is 32.1 Å². The fourth-order valence-electron chi connectivity index (χ4n) is 3.29. The fourth-order valence-corrected chi connectivity index (χ4v) is 3.63. The molecule has 1 saturated carbocycles. The second kappa shape index (κ2) is 4.82. The number of nitrogens with zero attached hydrogens (tertiary/aromatic N) is 2. The Hall–Kier alpha value is -0.610. The number of allylic oxidation sites excluding steroid dienone is 2. The van der Waals surface area contributed by atoms with Crippen molar-refractivity contribution in [1.82, 2.24) is 4.90 Å². The third-order valence-corrected chi connectivity index (χ3v) is 4.59. The SMILES string of the molecule is CCOC1N=C2C=CC(Br)=CN2C12CCCCC2. The number of aliphatic imine (C=N–C) groups is 1. The normalized spacial score (nSPS) is 29.2. The highest BCUT2D eigenvalue weighted by molar-refractivity contribution is 9.11. The molecule has 3 aliphatic rings. The van der Waals surface area contributed by atoms with E-state index in [4.69, 9.17) is 9.73 Å².